The fraction of sp³-hybridized carbons (Fsp3) is 0.429. The monoisotopic (exact) mass is 295 g/mol. The summed E-state index contributed by atoms with van der Waals surface area (Å²) < 4.78 is 7.08. The summed E-state index contributed by atoms with van der Waals surface area (Å²) in [6, 6.07) is 6.58. The van der Waals surface area contributed by atoms with E-state index in [1.54, 1.807) is 0 Å². The van der Waals surface area contributed by atoms with Crippen LogP contribution in [0.4, 0.5) is 0 Å². The minimum atomic E-state index is 0.264. The summed E-state index contributed by atoms with van der Waals surface area (Å²) in [4.78, 5) is 0. The van der Waals surface area contributed by atoms with Crippen LogP contribution < -0.4 is 5.32 Å². The third kappa shape index (κ3) is 2.40. The number of hydrogen-bond acceptors (Lipinski definition) is 2. The van der Waals surface area contributed by atoms with E-state index in [1.807, 2.05) is 7.05 Å². The maximum atomic E-state index is 5.98. The van der Waals surface area contributed by atoms with Crippen LogP contribution in [0.3, 0.4) is 0 Å². The fourth-order valence-electron chi connectivity index (χ4n) is 2.26. The van der Waals surface area contributed by atoms with E-state index in [0.29, 0.717) is 5.92 Å². The highest BCUT2D eigenvalue weighted by molar-refractivity contribution is 9.10. The zero-order chi connectivity index (χ0) is 12.6. The first-order chi connectivity index (χ1) is 8.02. The van der Waals surface area contributed by atoms with E-state index in [9.17, 15) is 0 Å². The number of hydrogen-bond donors (Lipinski definition) is 1. The summed E-state index contributed by atoms with van der Waals surface area (Å²) in [5.74, 6) is 1.52. The Labute approximate surface area is 111 Å². The molecule has 1 N–H and O–H groups in total. The lowest BCUT2D eigenvalue weighted by Gasteiger charge is -2.17. The largest absolute Gasteiger partial charge is 0.459 e. The van der Waals surface area contributed by atoms with Gasteiger partial charge in [-0.25, -0.2) is 0 Å². The van der Waals surface area contributed by atoms with Crippen molar-refractivity contribution in [1.29, 1.82) is 0 Å². The molecule has 2 aromatic rings. The number of benzene rings is 1. The lowest BCUT2D eigenvalue weighted by Crippen LogP contribution is -2.20. The highest BCUT2D eigenvalue weighted by Gasteiger charge is 2.18. The predicted molar refractivity (Wildman–Crippen MR) is 75.3 cm³/mol. The molecule has 17 heavy (non-hydrogen) atoms. The van der Waals surface area contributed by atoms with Crippen LogP contribution in [0.15, 0.2) is 27.1 Å². The Bertz CT molecular complexity index is 530. The number of aryl methyl sites for hydroxylation is 1. The zero-order valence-electron chi connectivity index (χ0n) is 10.7. The topological polar surface area (TPSA) is 25.2 Å². The van der Waals surface area contributed by atoms with Crippen molar-refractivity contribution in [1.82, 2.24) is 5.32 Å². The van der Waals surface area contributed by atoms with Gasteiger partial charge < -0.3 is 9.73 Å². The van der Waals surface area contributed by atoms with Gasteiger partial charge in [0.2, 0.25) is 0 Å². The van der Waals surface area contributed by atoms with E-state index < -0.39 is 0 Å². The molecule has 92 valence electrons. The molecule has 2 rings (SSSR count). The SMILES string of the molecule is CN[C@H](c1cc2cc(Br)cc(C)c2o1)C(C)C. The smallest absolute Gasteiger partial charge is 0.137 e. The van der Waals surface area contributed by atoms with E-state index in [1.165, 1.54) is 5.56 Å². The van der Waals surface area contributed by atoms with E-state index in [-0.39, 0.29) is 6.04 Å². The van der Waals surface area contributed by atoms with Crippen LogP contribution in [0.5, 0.6) is 0 Å². The van der Waals surface area contributed by atoms with Crippen molar-refractivity contribution >= 4 is 26.9 Å². The summed E-state index contributed by atoms with van der Waals surface area (Å²) in [5, 5.41) is 4.47. The lowest BCUT2D eigenvalue weighted by molar-refractivity contribution is 0.370. The molecule has 0 aliphatic heterocycles. The molecule has 0 aliphatic carbocycles. The second kappa shape index (κ2) is 4.83. The summed E-state index contributed by atoms with van der Waals surface area (Å²) in [5.41, 5.74) is 2.16. The first-order valence-corrected chi connectivity index (χ1v) is 6.69. The van der Waals surface area contributed by atoms with E-state index in [0.717, 1.165) is 21.2 Å². The van der Waals surface area contributed by atoms with Gasteiger partial charge in [0.05, 0.1) is 6.04 Å². The summed E-state index contributed by atoms with van der Waals surface area (Å²) >= 11 is 3.52. The Morgan fingerprint density at radius 1 is 1.24 bits per heavy atom. The minimum Gasteiger partial charge on any atom is -0.459 e. The highest BCUT2D eigenvalue weighted by atomic mass is 79.9. The second-order valence-electron chi connectivity index (χ2n) is 4.80. The van der Waals surface area contributed by atoms with Gasteiger partial charge in [-0.2, -0.15) is 0 Å². The Kier molecular flexibility index (Phi) is 3.59. The van der Waals surface area contributed by atoms with Crippen LogP contribution in [0, 0.1) is 12.8 Å². The molecule has 0 saturated carbocycles. The summed E-state index contributed by atoms with van der Waals surface area (Å²) in [6.45, 7) is 6.46. The molecule has 0 spiro atoms. The Morgan fingerprint density at radius 3 is 2.53 bits per heavy atom. The van der Waals surface area contributed by atoms with Gasteiger partial charge in [-0.3, -0.25) is 0 Å². The van der Waals surface area contributed by atoms with Crippen molar-refractivity contribution in [2.75, 3.05) is 7.05 Å². The van der Waals surface area contributed by atoms with Crippen LogP contribution in [0.1, 0.15) is 31.2 Å². The fourth-order valence-corrected chi connectivity index (χ4v) is 2.85. The quantitative estimate of drug-likeness (QED) is 0.907. The zero-order valence-corrected chi connectivity index (χ0v) is 12.3. The van der Waals surface area contributed by atoms with Crippen molar-refractivity contribution in [3.8, 4) is 0 Å². The number of halogens is 1. The molecule has 0 saturated heterocycles. The van der Waals surface area contributed by atoms with Crippen molar-refractivity contribution in [3.05, 3.63) is 34.0 Å². The summed E-state index contributed by atoms with van der Waals surface area (Å²) in [6.07, 6.45) is 0. The van der Waals surface area contributed by atoms with Gasteiger partial charge in [-0.15, -0.1) is 0 Å². The molecule has 0 aliphatic rings. The van der Waals surface area contributed by atoms with Crippen molar-refractivity contribution < 1.29 is 4.42 Å². The maximum absolute atomic E-state index is 5.98. The predicted octanol–water partition coefficient (Wildman–Crippen LogP) is 4.42. The average Bonchev–Trinajstić information content (AvgIpc) is 2.61. The standard InChI is InChI=1S/C14H18BrNO/c1-8(2)13(16-4)12-7-10-6-11(15)5-9(3)14(10)17-12/h5-8,13,16H,1-4H3/t13-/m0/s1. The first-order valence-electron chi connectivity index (χ1n) is 5.89. The van der Waals surface area contributed by atoms with Gasteiger partial charge in [-0.05, 0) is 43.7 Å². The van der Waals surface area contributed by atoms with E-state index in [4.69, 9.17) is 4.42 Å². The molecule has 3 heteroatoms. The minimum absolute atomic E-state index is 0.264. The molecule has 0 radical (unpaired) electrons. The number of nitrogens with one attached hydrogen (secondary N) is 1. The molecule has 1 aromatic heterocycles. The number of rotatable bonds is 3. The van der Waals surface area contributed by atoms with E-state index in [2.05, 4.69) is 60.2 Å². The van der Waals surface area contributed by atoms with Crippen LogP contribution in [-0.4, -0.2) is 7.05 Å². The third-order valence-corrected chi connectivity index (χ3v) is 3.53. The van der Waals surface area contributed by atoms with Crippen LogP contribution in [-0.2, 0) is 0 Å². The molecule has 2 nitrogen and oxygen atoms in total. The Morgan fingerprint density at radius 2 is 1.94 bits per heavy atom. The molecular formula is C14H18BrNO. The average molecular weight is 296 g/mol. The van der Waals surface area contributed by atoms with Gasteiger partial charge in [0.15, 0.2) is 0 Å². The third-order valence-electron chi connectivity index (χ3n) is 3.07. The van der Waals surface area contributed by atoms with Crippen LogP contribution in [0.25, 0.3) is 11.0 Å². The maximum Gasteiger partial charge on any atom is 0.137 e. The molecule has 1 aromatic carbocycles. The lowest BCUT2D eigenvalue weighted by atomic mass is 10.0. The molecule has 1 heterocycles. The van der Waals surface area contributed by atoms with Gasteiger partial charge in [0, 0.05) is 9.86 Å². The van der Waals surface area contributed by atoms with Gasteiger partial charge in [0.25, 0.3) is 0 Å². The van der Waals surface area contributed by atoms with Gasteiger partial charge in [-0.1, -0.05) is 29.8 Å². The highest BCUT2D eigenvalue weighted by Crippen LogP contribution is 2.31. The van der Waals surface area contributed by atoms with Gasteiger partial charge >= 0.3 is 0 Å². The molecule has 0 amide bonds. The molecular weight excluding hydrogens is 278 g/mol. The Hall–Kier alpha value is -0.800. The van der Waals surface area contributed by atoms with E-state index >= 15 is 0 Å². The van der Waals surface area contributed by atoms with Gasteiger partial charge in [0.1, 0.15) is 11.3 Å². The number of fused-ring (bicyclic) bond motifs is 1. The van der Waals surface area contributed by atoms with Crippen molar-refractivity contribution in [2.45, 2.75) is 26.8 Å². The summed E-state index contributed by atoms with van der Waals surface area (Å²) in [7, 11) is 1.97. The molecule has 0 unspecified atom stereocenters. The molecule has 0 bridgehead atoms. The molecule has 0 fully saturated rings. The van der Waals surface area contributed by atoms with Crippen LogP contribution >= 0.6 is 15.9 Å². The normalized spacial score (nSPS) is 13.5. The molecule has 1 atom stereocenters. The second-order valence-corrected chi connectivity index (χ2v) is 5.72. The first kappa shape index (κ1) is 12.7. The Balaban J connectivity index is 2.54. The van der Waals surface area contributed by atoms with Crippen LogP contribution in [0.2, 0.25) is 0 Å². The number of furan rings is 1. The van der Waals surface area contributed by atoms with Crippen molar-refractivity contribution in [2.24, 2.45) is 5.92 Å². The van der Waals surface area contributed by atoms with Crippen molar-refractivity contribution in [3.63, 3.8) is 0 Å².